The van der Waals surface area contributed by atoms with Crippen LogP contribution < -0.4 is 11.5 Å². The van der Waals surface area contributed by atoms with Crippen LogP contribution in [0.25, 0.3) is 0 Å². The smallest absolute Gasteiger partial charge is 0.254 e. The van der Waals surface area contributed by atoms with Crippen molar-refractivity contribution in [3.63, 3.8) is 0 Å². The number of hydrogen-bond acceptors (Lipinski definition) is 3. The van der Waals surface area contributed by atoms with Crippen molar-refractivity contribution in [1.82, 2.24) is 4.90 Å². The molecular formula is C18H23N3O. The first kappa shape index (κ1) is 16.2. The average Bonchev–Trinajstić information content (AvgIpc) is 2.59. The molecule has 0 aromatic heterocycles. The van der Waals surface area contributed by atoms with Crippen LogP contribution in [0.2, 0.25) is 0 Å². The van der Waals surface area contributed by atoms with Crippen molar-refractivity contribution in [2.24, 2.45) is 11.5 Å². The van der Waals surface area contributed by atoms with Gasteiger partial charge in [0.1, 0.15) is 0 Å². The SMILES string of the molecule is NCCCN(Cc1ccccc1)C(=O)c1ccc(CN)cc1. The zero-order valence-corrected chi connectivity index (χ0v) is 12.7. The van der Waals surface area contributed by atoms with E-state index in [1.165, 1.54) is 0 Å². The van der Waals surface area contributed by atoms with Crippen LogP contribution in [0, 0.1) is 0 Å². The van der Waals surface area contributed by atoms with Gasteiger partial charge in [-0.3, -0.25) is 4.79 Å². The van der Waals surface area contributed by atoms with Gasteiger partial charge in [-0.2, -0.15) is 0 Å². The molecule has 116 valence electrons. The van der Waals surface area contributed by atoms with Crippen molar-refractivity contribution in [2.75, 3.05) is 13.1 Å². The van der Waals surface area contributed by atoms with Gasteiger partial charge in [-0.15, -0.1) is 0 Å². The van der Waals surface area contributed by atoms with Crippen LogP contribution in [0.1, 0.15) is 27.9 Å². The average molecular weight is 297 g/mol. The number of benzene rings is 2. The summed E-state index contributed by atoms with van der Waals surface area (Å²) in [6, 6.07) is 17.5. The van der Waals surface area contributed by atoms with Gasteiger partial charge >= 0.3 is 0 Å². The van der Waals surface area contributed by atoms with Crippen LogP contribution in [0.5, 0.6) is 0 Å². The zero-order valence-electron chi connectivity index (χ0n) is 12.7. The number of nitrogens with zero attached hydrogens (tertiary/aromatic N) is 1. The third-order valence-corrected chi connectivity index (χ3v) is 3.57. The van der Waals surface area contributed by atoms with Crippen LogP contribution >= 0.6 is 0 Å². The molecule has 1 amide bonds. The maximum atomic E-state index is 12.7. The number of carbonyl (C=O) groups excluding carboxylic acids is 1. The normalized spacial score (nSPS) is 10.5. The summed E-state index contributed by atoms with van der Waals surface area (Å²) in [6.45, 7) is 2.31. The Kier molecular flexibility index (Phi) is 6.13. The zero-order chi connectivity index (χ0) is 15.8. The molecule has 0 fully saturated rings. The van der Waals surface area contributed by atoms with E-state index in [4.69, 9.17) is 11.5 Å². The van der Waals surface area contributed by atoms with Gasteiger partial charge in [0, 0.05) is 25.2 Å². The maximum absolute atomic E-state index is 12.7. The molecule has 2 aromatic carbocycles. The van der Waals surface area contributed by atoms with Gasteiger partial charge < -0.3 is 16.4 Å². The Morgan fingerprint density at radius 1 is 0.909 bits per heavy atom. The molecule has 2 aromatic rings. The molecule has 0 atom stereocenters. The minimum Gasteiger partial charge on any atom is -0.334 e. The number of amides is 1. The molecule has 0 spiro atoms. The minimum absolute atomic E-state index is 0.0286. The van der Waals surface area contributed by atoms with Crippen LogP contribution in [-0.4, -0.2) is 23.9 Å². The molecule has 0 saturated heterocycles. The fourth-order valence-corrected chi connectivity index (χ4v) is 2.30. The summed E-state index contributed by atoms with van der Waals surface area (Å²) >= 11 is 0. The third kappa shape index (κ3) is 4.41. The van der Waals surface area contributed by atoms with E-state index in [1.807, 2.05) is 59.5 Å². The van der Waals surface area contributed by atoms with Crippen molar-refractivity contribution in [1.29, 1.82) is 0 Å². The summed E-state index contributed by atoms with van der Waals surface area (Å²) in [6.07, 6.45) is 0.791. The third-order valence-electron chi connectivity index (χ3n) is 3.57. The van der Waals surface area contributed by atoms with E-state index >= 15 is 0 Å². The summed E-state index contributed by atoms with van der Waals surface area (Å²) < 4.78 is 0. The van der Waals surface area contributed by atoms with E-state index in [2.05, 4.69) is 0 Å². The van der Waals surface area contributed by atoms with Crippen molar-refractivity contribution < 1.29 is 4.79 Å². The molecule has 4 nitrogen and oxygen atoms in total. The van der Waals surface area contributed by atoms with E-state index in [1.54, 1.807) is 0 Å². The highest BCUT2D eigenvalue weighted by Crippen LogP contribution is 2.12. The fraction of sp³-hybridized carbons (Fsp3) is 0.278. The van der Waals surface area contributed by atoms with Gasteiger partial charge in [0.05, 0.1) is 0 Å². The van der Waals surface area contributed by atoms with Gasteiger partial charge in [0.25, 0.3) is 5.91 Å². The number of hydrogen-bond donors (Lipinski definition) is 2. The van der Waals surface area contributed by atoms with Gasteiger partial charge in [-0.05, 0) is 36.2 Å². The summed E-state index contributed by atoms with van der Waals surface area (Å²) in [4.78, 5) is 14.6. The maximum Gasteiger partial charge on any atom is 0.254 e. The molecular weight excluding hydrogens is 274 g/mol. The van der Waals surface area contributed by atoms with E-state index < -0.39 is 0 Å². The van der Waals surface area contributed by atoms with Crippen molar-refractivity contribution in [3.05, 3.63) is 71.3 Å². The molecule has 0 saturated carbocycles. The second-order valence-electron chi connectivity index (χ2n) is 5.26. The van der Waals surface area contributed by atoms with Crippen LogP contribution in [0.4, 0.5) is 0 Å². The first-order chi connectivity index (χ1) is 10.7. The first-order valence-electron chi connectivity index (χ1n) is 7.57. The van der Waals surface area contributed by atoms with Crippen molar-refractivity contribution in [3.8, 4) is 0 Å². The molecule has 0 aliphatic carbocycles. The highest BCUT2D eigenvalue weighted by Gasteiger charge is 2.15. The minimum atomic E-state index is 0.0286. The summed E-state index contributed by atoms with van der Waals surface area (Å²) in [7, 11) is 0. The Balaban J connectivity index is 2.14. The van der Waals surface area contributed by atoms with Crippen molar-refractivity contribution >= 4 is 5.91 Å². The molecule has 22 heavy (non-hydrogen) atoms. The highest BCUT2D eigenvalue weighted by molar-refractivity contribution is 5.94. The molecule has 0 unspecified atom stereocenters. The van der Waals surface area contributed by atoms with Gasteiger partial charge in [-0.1, -0.05) is 42.5 Å². The Morgan fingerprint density at radius 3 is 2.18 bits per heavy atom. The summed E-state index contributed by atoms with van der Waals surface area (Å²) in [5, 5.41) is 0. The monoisotopic (exact) mass is 297 g/mol. The molecule has 4 heteroatoms. The van der Waals surface area contributed by atoms with Crippen LogP contribution in [-0.2, 0) is 13.1 Å². The number of rotatable bonds is 7. The Morgan fingerprint density at radius 2 is 1.59 bits per heavy atom. The fourth-order valence-electron chi connectivity index (χ4n) is 2.30. The predicted molar refractivity (Wildman–Crippen MR) is 89.2 cm³/mol. The van der Waals surface area contributed by atoms with E-state index in [0.717, 1.165) is 17.5 Å². The van der Waals surface area contributed by atoms with E-state index in [9.17, 15) is 4.79 Å². The molecule has 0 radical (unpaired) electrons. The summed E-state index contributed by atoms with van der Waals surface area (Å²) in [5.41, 5.74) is 14.0. The summed E-state index contributed by atoms with van der Waals surface area (Å²) in [5.74, 6) is 0.0286. The van der Waals surface area contributed by atoms with Crippen LogP contribution in [0.15, 0.2) is 54.6 Å². The predicted octanol–water partition coefficient (Wildman–Crippen LogP) is 2.14. The van der Waals surface area contributed by atoms with Gasteiger partial charge in [0.15, 0.2) is 0 Å². The Labute approximate surface area is 131 Å². The van der Waals surface area contributed by atoms with Crippen molar-refractivity contribution in [2.45, 2.75) is 19.5 Å². The number of nitrogens with two attached hydrogens (primary N) is 2. The lowest BCUT2D eigenvalue weighted by Gasteiger charge is -2.23. The largest absolute Gasteiger partial charge is 0.334 e. The molecule has 0 bridgehead atoms. The quantitative estimate of drug-likeness (QED) is 0.822. The highest BCUT2D eigenvalue weighted by atomic mass is 16.2. The lowest BCUT2D eigenvalue weighted by Crippen LogP contribution is -2.32. The standard InChI is InChI=1S/C18H23N3O/c19-11-4-12-21(14-16-5-2-1-3-6-16)18(22)17-9-7-15(13-20)8-10-17/h1-3,5-10H,4,11-14,19-20H2. The van der Waals surface area contributed by atoms with Gasteiger partial charge in [-0.25, -0.2) is 0 Å². The van der Waals surface area contributed by atoms with Gasteiger partial charge in [0.2, 0.25) is 0 Å². The first-order valence-corrected chi connectivity index (χ1v) is 7.57. The second kappa shape index (κ2) is 8.32. The number of carbonyl (C=O) groups is 1. The molecule has 0 heterocycles. The Bertz CT molecular complexity index is 581. The second-order valence-corrected chi connectivity index (χ2v) is 5.26. The molecule has 0 aliphatic rings. The topological polar surface area (TPSA) is 72.3 Å². The molecule has 2 rings (SSSR count). The molecule has 4 N–H and O–H groups in total. The Hall–Kier alpha value is -2.17. The lowest BCUT2D eigenvalue weighted by atomic mass is 10.1. The van der Waals surface area contributed by atoms with E-state index in [-0.39, 0.29) is 5.91 Å². The van der Waals surface area contributed by atoms with E-state index in [0.29, 0.717) is 31.7 Å². The molecule has 0 aliphatic heterocycles. The lowest BCUT2D eigenvalue weighted by molar-refractivity contribution is 0.0742. The van der Waals surface area contributed by atoms with Crippen LogP contribution in [0.3, 0.4) is 0 Å².